The molecule has 148 valence electrons. The van der Waals surface area contributed by atoms with Gasteiger partial charge in [-0.25, -0.2) is 0 Å². The number of allylic oxidation sites excluding steroid dienone is 2. The number of fused-ring (bicyclic) bond motifs is 2. The van der Waals surface area contributed by atoms with Crippen LogP contribution in [0.1, 0.15) is 65.2 Å². The summed E-state index contributed by atoms with van der Waals surface area (Å²) in [7, 11) is 0. The van der Waals surface area contributed by atoms with E-state index in [2.05, 4.69) is 26.0 Å². The lowest BCUT2D eigenvalue weighted by molar-refractivity contribution is -0.330. The van der Waals surface area contributed by atoms with Gasteiger partial charge in [0, 0.05) is 6.42 Å². The van der Waals surface area contributed by atoms with Crippen molar-refractivity contribution in [3.63, 3.8) is 0 Å². The summed E-state index contributed by atoms with van der Waals surface area (Å²) in [6.07, 6.45) is 13.3. The Bertz CT molecular complexity index is 678. The number of esters is 1. The molecule has 4 nitrogen and oxygen atoms in total. The predicted octanol–water partition coefficient (Wildman–Crippen LogP) is 4.23. The third-order valence-corrected chi connectivity index (χ3v) is 8.89. The fraction of sp³-hybridized carbons (Fsp3) is 0.870. The van der Waals surface area contributed by atoms with Gasteiger partial charge in [-0.15, -0.1) is 0 Å². The van der Waals surface area contributed by atoms with Crippen LogP contribution in [-0.4, -0.2) is 29.6 Å². The van der Waals surface area contributed by atoms with Gasteiger partial charge >= 0.3 is 5.97 Å². The summed E-state index contributed by atoms with van der Waals surface area (Å²) in [5.41, 5.74) is -0.382. The van der Waals surface area contributed by atoms with Crippen molar-refractivity contribution in [3.05, 3.63) is 12.2 Å². The zero-order valence-corrected chi connectivity index (χ0v) is 16.6. The molecule has 5 saturated carbocycles. The zero-order chi connectivity index (χ0) is 18.4. The highest BCUT2D eigenvalue weighted by Gasteiger charge is 2.66. The molecule has 0 aromatic rings. The molecule has 6 bridgehead atoms. The second kappa shape index (κ2) is 5.38. The Morgan fingerprint density at radius 2 is 1.78 bits per heavy atom. The Morgan fingerprint density at radius 3 is 2.41 bits per heavy atom. The molecule has 6 aliphatic carbocycles. The number of hydrogen-bond acceptors (Lipinski definition) is 4. The Balaban J connectivity index is 1.24. The van der Waals surface area contributed by atoms with Crippen LogP contribution in [0.4, 0.5) is 0 Å². The fourth-order valence-electron chi connectivity index (χ4n) is 8.04. The van der Waals surface area contributed by atoms with Crippen molar-refractivity contribution >= 4 is 5.97 Å². The first-order chi connectivity index (χ1) is 12.9. The lowest BCUT2D eigenvalue weighted by atomic mass is 9.46. The van der Waals surface area contributed by atoms with E-state index < -0.39 is 0 Å². The SMILES string of the molecule is CC1(C)CC2(OCO1)C1CC3CC2CC(OC(=O)C2CC4C=CC2C4)(C3)C1. The van der Waals surface area contributed by atoms with Gasteiger partial charge in [-0.3, -0.25) is 4.79 Å². The van der Waals surface area contributed by atoms with E-state index in [9.17, 15) is 4.79 Å². The molecule has 6 fully saturated rings. The van der Waals surface area contributed by atoms with E-state index in [1.165, 1.54) is 12.8 Å². The molecule has 1 heterocycles. The highest BCUT2D eigenvalue weighted by molar-refractivity contribution is 5.74. The van der Waals surface area contributed by atoms with Crippen LogP contribution < -0.4 is 0 Å². The minimum atomic E-state index is -0.212. The number of rotatable bonds is 2. The zero-order valence-electron chi connectivity index (χ0n) is 16.6. The average molecular weight is 373 g/mol. The van der Waals surface area contributed by atoms with Gasteiger partial charge < -0.3 is 14.2 Å². The summed E-state index contributed by atoms with van der Waals surface area (Å²) in [4.78, 5) is 13.1. The number of ether oxygens (including phenoxy) is 3. The number of hydrogen-bond donors (Lipinski definition) is 0. The molecule has 1 aliphatic heterocycles. The Hall–Kier alpha value is -0.870. The van der Waals surface area contributed by atoms with Crippen LogP contribution in [0.3, 0.4) is 0 Å². The maximum Gasteiger partial charge on any atom is 0.310 e. The summed E-state index contributed by atoms with van der Waals surface area (Å²) < 4.78 is 18.7. The maximum absolute atomic E-state index is 13.1. The lowest BCUT2D eigenvalue weighted by Gasteiger charge is -2.66. The highest BCUT2D eigenvalue weighted by atomic mass is 16.7. The van der Waals surface area contributed by atoms with E-state index in [1.54, 1.807) is 0 Å². The van der Waals surface area contributed by atoms with E-state index in [-0.39, 0.29) is 28.7 Å². The molecule has 0 aromatic carbocycles. The molecular formula is C23H32O4. The van der Waals surface area contributed by atoms with Gasteiger partial charge in [0.15, 0.2) is 0 Å². The molecule has 27 heavy (non-hydrogen) atoms. The number of carbonyl (C=O) groups excluding carboxylic acids is 1. The van der Waals surface area contributed by atoms with Gasteiger partial charge in [-0.1, -0.05) is 12.2 Å². The standard InChI is InChI=1S/C23H32O4/c1-21(2)12-23(26-13-25-21)17-6-15-7-18(23)11-22(9-15,10-17)27-20(24)19-8-14-3-4-16(19)5-14/h3-4,14-19H,5-13H2,1-2H3. The molecule has 1 spiro atoms. The molecule has 0 aromatic heterocycles. The molecule has 7 aliphatic rings. The summed E-state index contributed by atoms with van der Waals surface area (Å²) in [5, 5.41) is 0. The quantitative estimate of drug-likeness (QED) is 0.537. The van der Waals surface area contributed by atoms with Crippen molar-refractivity contribution < 1.29 is 19.0 Å². The van der Waals surface area contributed by atoms with E-state index in [4.69, 9.17) is 14.2 Å². The van der Waals surface area contributed by atoms with Gasteiger partial charge in [-0.05, 0) is 88.4 Å². The van der Waals surface area contributed by atoms with Crippen LogP contribution in [0, 0.1) is 35.5 Å². The summed E-state index contributed by atoms with van der Waals surface area (Å²) in [6, 6.07) is 0. The minimum Gasteiger partial charge on any atom is -0.459 e. The largest absolute Gasteiger partial charge is 0.459 e. The monoisotopic (exact) mass is 372 g/mol. The molecule has 1 saturated heterocycles. The van der Waals surface area contributed by atoms with E-state index in [1.807, 2.05) is 0 Å². The summed E-state index contributed by atoms with van der Waals surface area (Å²) >= 11 is 0. The van der Waals surface area contributed by atoms with Crippen LogP contribution in [0.5, 0.6) is 0 Å². The van der Waals surface area contributed by atoms with Gasteiger partial charge in [0.25, 0.3) is 0 Å². The van der Waals surface area contributed by atoms with Crippen LogP contribution >= 0.6 is 0 Å². The van der Waals surface area contributed by atoms with Crippen molar-refractivity contribution in [2.45, 2.75) is 82.0 Å². The van der Waals surface area contributed by atoms with Gasteiger partial charge in [0.05, 0.1) is 17.1 Å². The molecule has 0 amide bonds. The van der Waals surface area contributed by atoms with Crippen molar-refractivity contribution in [2.24, 2.45) is 35.5 Å². The Kier molecular flexibility index (Phi) is 3.40. The smallest absolute Gasteiger partial charge is 0.310 e. The average Bonchev–Trinajstić information content (AvgIpc) is 3.21. The molecule has 0 N–H and O–H groups in total. The third kappa shape index (κ3) is 2.45. The first-order valence-electron chi connectivity index (χ1n) is 11.1. The summed E-state index contributed by atoms with van der Waals surface area (Å²) in [5.74, 6) is 2.98. The van der Waals surface area contributed by atoms with Crippen molar-refractivity contribution in [2.75, 3.05) is 6.79 Å². The summed E-state index contributed by atoms with van der Waals surface area (Å²) in [6.45, 7) is 4.80. The normalized spacial score (nSPS) is 54.0. The topological polar surface area (TPSA) is 44.8 Å². The van der Waals surface area contributed by atoms with E-state index in [0.29, 0.717) is 36.4 Å². The second-order valence-corrected chi connectivity index (χ2v) is 11.1. The second-order valence-electron chi connectivity index (χ2n) is 11.1. The third-order valence-electron chi connectivity index (χ3n) is 8.89. The molecule has 5 unspecified atom stereocenters. The van der Waals surface area contributed by atoms with E-state index >= 15 is 0 Å². The van der Waals surface area contributed by atoms with Crippen LogP contribution in [0.2, 0.25) is 0 Å². The molecule has 5 atom stereocenters. The lowest BCUT2D eigenvalue weighted by Crippen LogP contribution is -2.68. The van der Waals surface area contributed by atoms with E-state index in [0.717, 1.165) is 38.5 Å². The van der Waals surface area contributed by atoms with Crippen molar-refractivity contribution in [1.29, 1.82) is 0 Å². The molecule has 7 rings (SSSR count). The van der Waals surface area contributed by atoms with Crippen LogP contribution in [0.25, 0.3) is 0 Å². The van der Waals surface area contributed by atoms with Crippen LogP contribution in [-0.2, 0) is 19.0 Å². The van der Waals surface area contributed by atoms with Gasteiger partial charge in [0.2, 0.25) is 0 Å². The number of carbonyl (C=O) groups is 1. The molecule has 4 heteroatoms. The maximum atomic E-state index is 13.1. The first kappa shape index (κ1) is 17.0. The van der Waals surface area contributed by atoms with Gasteiger partial charge in [-0.2, -0.15) is 0 Å². The van der Waals surface area contributed by atoms with Gasteiger partial charge in [0.1, 0.15) is 12.4 Å². The fourth-order valence-corrected chi connectivity index (χ4v) is 8.04. The van der Waals surface area contributed by atoms with Crippen molar-refractivity contribution in [3.8, 4) is 0 Å². The Labute approximate surface area is 162 Å². The minimum absolute atomic E-state index is 0.0518. The Morgan fingerprint density at radius 1 is 1.00 bits per heavy atom. The first-order valence-corrected chi connectivity index (χ1v) is 11.1. The highest BCUT2D eigenvalue weighted by Crippen LogP contribution is 2.65. The molecular weight excluding hydrogens is 340 g/mol. The molecule has 0 radical (unpaired) electrons. The van der Waals surface area contributed by atoms with Crippen LogP contribution in [0.15, 0.2) is 12.2 Å². The predicted molar refractivity (Wildman–Crippen MR) is 99.7 cm³/mol. The van der Waals surface area contributed by atoms with Crippen molar-refractivity contribution in [1.82, 2.24) is 0 Å².